The van der Waals surface area contributed by atoms with Crippen LogP contribution in [-0.2, 0) is 4.79 Å². The first-order valence-corrected chi connectivity index (χ1v) is 8.57. The zero-order valence-electron chi connectivity index (χ0n) is 15.0. The van der Waals surface area contributed by atoms with Gasteiger partial charge < -0.3 is 9.73 Å². The number of aromatic nitrogens is 3. The van der Waals surface area contributed by atoms with Crippen LogP contribution in [0.15, 0.2) is 65.1 Å². The highest BCUT2D eigenvalue weighted by Crippen LogP contribution is 2.22. The van der Waals surface area contributed by atoms with Crippen LogP contribution in [0.4, 0.5) is 5.69 Å². The molecule has 2 aromatic heterocycles. The van der Waals surface area contributed by atoms with E-state index >= 15 is 0 Å². The van der Waals surface area contributed by atoms with Crippen molar-refractivity contribution < 1.29 is 9.21 Å². The monoisotopic (exact) mass is 358 g/mol. The van der Waals surface area contributed by atoms with Crippen molar-refractivity contribution in [2.75, 3.05) is 5.32 Å². The van der Waals surface area contributed by atoms with E-state index in [4.69, 9.17) is 4.42 Å². The summed E-state index contributed by atoms with van der Waals surface area (Å²) in [6.45, 7) is 3.92. The third kappa shape index (κ3) is 3.50. The molecular formula is C21H18N4O2. The molecular weight excluding hydrogens is 340 g/mol. The van der Waals surface area contributed by atoms with Crippen molar-refractivity contribution in [1.29, 1.82) is 0 Å². The van der Waals surface area contributed by atoms with Gasteiger partial charge in [-0.05, 0) is 44.2 Å². The minimum absolute atomic E-state index is 0.272. The first-order chi connectivity index (χ1) is 13.1. The second-order valence-corrected chi connectivity index (χ2v) is 6.20. The van der Waals surface area contributed by atoms with Gasteiger partial charge >= 0.3 is 0 Å². The Morgan fingerprint density at radius 3 is 2.67 bits per heavy atom. The average molecular weight is 358 g/mol. The molecule has 27 heavy (non-hydrogen) atoms. The van der Waals surface area contributed by atoms with E-state index in [1.807, 2.05) is 73.1 Å². The molecule has 2 heterocycles. The van der Waals surface area contributed by atoms with Gasteiger partial charge in [0.15, 0.2) is 5.58 Å². The van der Waals surface area contributed by atoms with E-state index in [0.717, 1.165) is 22.6 Å². The van der Waals surface area contributed by atoms with E-state index in [1.165, 1.54) is 6.08 Å². The largest absolute Gasteiger partial charge is 0.437 e. The van der Waals surface area contributed by atoms with Crippen LogP contribution in [0, 0.1) is 13.8 Å². The fourth-order valence-electron chi connectivity index (χ4n) is 2.92. The molecule has 6 heteroatoms. The van der Waals surface area contributed by atoms with Gasteiger partial charge in [-0.3, -0.25) is 4.79 Å². The van der Waals surface area contributed by atoms with Crippen LogP contribution in [0.5, 0.6) is 0 Å². The number of carbonyl (C=O) groups excluding carboxylic acids is 1. The van der Waals surface area contributed by atoms with Gasteiger partial charge in [-0.1, -0.05) is 24.3 Å². The predicted molar refractivity (Wildman–Crippen MR) is 105 cm³/mol. The molecule has 4 aromatic rings. The number of oxazole rings is 1. The van der Waals surface area contributed by atoms with Gasteiger partial charge in [0, 0.05) is 17.8 Å². The Hall–Kier alpha value is -3.67. The average Bonchev–Trinajstić information content (AvgIpc) is 3.22. The number of aryl methyl sites for hydroxylation is 2. The first kappa shape index (κ1) is 16.8. The van der Waals surface area contributed by atoms with Gasteiger partial charge in [-0.2, -0.15) is 5.10 Å². The van der Waals surface area contributed by atoms with Gasteiger partial charge in [-0.15, -0.1) is 0 Å². The van der Waals surface area contributed by atoms with E-state index in [1.54, 1.807) is 6.08 Å². The molecule has 1 amide bonds. The number of para-hydroxylation sites is 4. The van der Waals surface area contributed by atoms with Crippen LogP contribution in [0.3, 0.4) is 0 Å². The van der Waals surface area contributed by atoms with Crippen LogP contribution in [-0.4, -0.2) is 20.7 Å². The number of amides is 1. The number of carbonyl (C=O) groups is 1. The van der Waals surface area contributed by atoms with E-state index in [9.17, 15) is 4.79 Å². The molecule has 0 saturated heterocycles. The normalized spacial score (nSPS) is 11.3. The topological polar surface area (TPSA) is 73.0 Å². The van der Waals surface area contributed by atoms with Crippen molar-refractivity contribution in [1.82, 2.24) is 14.8 Å². The van der Waals surface area contributed by atoms with Crippen LogP contribution >= 0.6 is 0 Å². The maximum absolute atomic E-state index is 12.4. The highest BCUT2D eigenvalue weighted by atomic mass is 16.3. The fourth-order valence-corrected chi connectivity index (χ4v) is 2.92. The van der Waals surface area contributed by atoms with Crippen molar-refractivity contribution in [3.63, 3.8) is 0 Å². The summed E-state index contributed by atoms with van der Waals surface area (Å²) in [5.74, 6) is 0.115. The Balaban J connectivity index is 1.55. The molecule has 1 N–H and O–H groups in total. The Labute approximate surface area is 156 Å². The first-order valence-electron chi connectivity index (χ1n) is 8.57. The van der Waals surface area contributed by atoms with Crippen LogP contribution in [0.2, 0.25) is 0 Å². The maximum Gasteiger partial charge on any atom is 0.248 e. The molecule has 0 bridgehead atoms. The summed E-state index contributed by atoms with van der Waals surface area (Å²) in [5, 5.41) is 7.38. The highest BCUT2D eigenvalue weighted by molar-refractivity contribution is 6.02. The van der Waals surface area contributed by atoms with Crippen molar-refractivity contribution in [3.05, 3.63) is 78.0 Å². The summed E-state index contributed by atoms with van der Waals surface area (Å²) in [5.41, 5.74) is 4.85. The van der Waals surface area contributed by atoms with E-state index < -0.39 is 0 Å². The summed E-state index contributed by atoms with van der Waals surface area (Å²) in [6, 6.07) is 17.0. The summed E-state index contributed by atoms with van der Waals surface area (Å²) in [6.07, 6.45) is 2.96. The summed E-state index contributed by atoms with van der Waals surface area (Å²) < 4.78 is 7.40. The second-order valence-electron chi connectivity index (χ2n) is 6.20. The molecule has 0 spiro atoms. The molecule has 0 saturated carbocycles. The smallest absolute Gasteiger partial charge is 0.248 e. The number of nitrogens with one attached hydrogen (secondary N) is 1. The molecule has 6 nitrogen and oxygen atoms in total. The number of hydrogen-bond donors (Lipinski definition) is 1. The molecule has 0 aliphatic heterocycles. The number of rotatable bonds is 4. The second kappa shape index (κ2) is 6.92. The summed E-state index contributed by atoms with van der Waals surface area (Å²) >= 11 is 0. The molecule has 0 fully saturated rings. The summed E-state index contributed by atoms with van der Waals surface area (Å²) in [4.78, 5) is 16.7. The summed E-state index contributed by atoms with van der Waals surface area (Å²) in [7, 11) is 0. The van der Waals surface area contributed by atoms with Gasteiger partial charge in [0.1, 0.15) is 5.52 Å². The lowest BCUT2D eigenvalue weighted by molar-refractivity contribution is -0.111. The molecule has 2 aromatic carbocycles. The van der Waals surface area contributed by atoms with Gasteiger partial charge in [0.25, 0.3) is 0 Å². The van der Waals surface area contributed by atoms with E-state index in [0.29, 0.717) is 17.2 Å². The zero-order valence-corrected chi connectivity index (χ0v) is 15.0. The Morgan fingerprint density at radius 1 is 1.11 bits per heavy atom. The Bertz CT molecular complexity index is 1120. The third-order valence-electron chi connectivity index (χ3n) is 4.09. The van der Waals surface area contributed by atoms with Gasteiger partial charge in [-0.25, -0.2) is 9.67 Å². The lowest BCUT2D eigenvalue weighted by Crippen LogP contribution is -2.11. The third-order valence-corrected chi connectivity index (χ3v) is 4.09. The molecule has 4 rings (SSSR count). The van der Waals surface area contributed by atoms with Crippen LogP contribution in [0.1, 0.15) is 17.3 Å². The zero-order chi connectivity index (χ0) is 18.8. The molecule has 0 aliphatic rings. The lowest BCUT2D eigenvalue weighted by Gasteiger charge is -2.11. The molecule has 134 valence electrons. The number of hydrogen-bond acceptors (Lipinski definition) is 4. The number of anilines is 1. The Morgan fingerprint density at radius 2 is 1.89 bits per heavy atom. The van der Waals surface area contributed by atoms with E-state index in [-0.39, 0.29) is 5.91 Å². The van der Waals surface area contributed by atoms with Gasteiger partial charge in [0.05, 0.1) is 17.1 Å². The minimum atomic E-state index is -0.272. The Kier molecular flexibility index (Phi) is 4.30. The van der Waals surface area contributed by atoms with Crippen molar-refractivity contribution >= 4 is 28.8 Å². The number of benzene rings is 2. The minimum Gasteiger partial charge on any atom is -0.437 e. The molecule has 0 radical (unpaired) electrons. The maximum atomic E-state index is 12.4. The number of fused-ring (bicyclic) bond motifs is 1. The standard InChI is InChI=1S/C21H18N4O2/c1-14-13-15(2)25(24-14)18-9-5-3-7-16(18)22-20(26)11-12-21-23-17-8-4-6-10-19(17)27-21/h3-13H,1-2H3,(H,22,26)/b12-11+. The molecule has 0 unspecified atom stereocenters. The van der Waals surface area contributed by atoms with Crippen LogP contribution in [0.25, 0.3) is 22.9 Å². The quantitative estimate of drug-likeness (QED) is 0.553. The highest BCUT2D eigenvalue weighted by Gasteiger charge is 2.10. The van der Waals surface area contributed by atoms with E-state index in [2.05, 4.69) is 15.4 Å². The van der Waals surface area contributed by atoms with Crippen molar-refractivity contribution in [2.45, 2.75) is 13.8 Å². The van der Waals surface area contributed by atoms with Crippen molar-refractivity contribution in [3.8, 4) is 5.69 Å². The lowest BCUT2D eigenvalue weighted by atomic mass is 10.2. The van der Waals surface area contributed by atoms with Crippen molar-refractivity contribution in [2.24, 2.45) is 0 Å². The predicted octanol–water partition coefficient (Wildman–Crippen LogP) is 4.28. The van der Waals surface area contributed by atoms with Gasteiger partial charge in [0.2, 0.25) is 11.8 Å². The number of nitrogens with zero attached hydrogens (tertiary/aromatic N) is 3. The van der Waals surface area contributed by atoms with Crippen LogP contribution < -0.4 is 5.32 Å². The fraction of sp³-hybridized carbons (Fsp3) is 0.0952. The molecule has 0 aliphatic carbocycles. The SMILES string of the molecule is Cc1cc(C)n(-c2ccccc2NC(=O)/C=C/c2nc3ccccc3o2)n1. The molecule has 0 atom stereocenters.